The second kappa shape index (κ2) is 5.32. The Balaban J connectivity index is 1.66. The first-order chi connectivity index (χ1) is 10.1. The largest absolute Gasteiger partial charge is 0.339 e. The van der Waals surface area contributed by atoms with Crippen molar-refractivity contribution in [1.82, 2.24) is 9.80 Å². The standard InChI is InChI=1S/C16H23N3O2/c1-18(16(11-17)7-4-8-16)15(21)12-9-14(20)19(10-12)13-5-2-3-6-13/h12-13H,2-10H2,1H3. The lowest BCUT2D eigenvalue weighted by atomic mass is 9.76. The number of hydrogen-bond acceptors (Lipinski definition) is 3. The van der Waals surface area contributed by atoms with Gasteiger partial charge in [-0.2, -0.15) is 5.26 Å². The molecule has 0 N–H and O–H groups in total. The number of nitriles is 1. The van der Waals surface area contributed by atoms with Gasteiger partial charge in [-0.1, -0.05) is 12.8 Å². The van der Waals surface area contributed by atoms with Crippen LogP contribution in [-0.2, 0) is 9.59 Å². The molecule has 0 bridgehead atoms. The third-order valence-electron chi connectivity index (χ3n) is 5.63. The Labute approximate surface area is 125 Å². The molecule has 3 rings (SSSR count). The molecule has 114 valence electrons. The van der Waals surface area contributed by atoms with E-state index in [4.69, 9.17) is 0 Å². The lowest BCUT2D eigenvalue weighted by molar-refractivity contribution is -0.140. The third kappa shape index (κ3) is 2.31. The highest BCUT2D eigenvalue weighted by molar-refractivity contribution is 5.90. The van der Waals surface area contributed by atoms with Crippen LogP contribution in [0.15, 0.2) is 0 Å². The SMILES string of the molecule is CN(C(=O)C1CC(=O)N(C2CCCC2)C1)C1(C#N)CCC1. The maximum absolute atomic E-state index is 12.6. The zero-order valence-electron chi connectivity index (χ0n) is 12.7. The monoisotopic (exact) mass is 289 g/mol. The zero-order chi connectivity index (χ0) is 15.0. The second-order valence-electron chi connectivity index (χ2n) is 6.78. The molecule has 1 heterocycles. The van der Waals surface area contributed by atoms with Gasteiger partial charge in [-0.25, -0.2) is 0 Å². The van der Waals surface area contributed by atoms with E-state index in [0.717, 1.165) is 32.1 Å². The van der Waals surface area contributed by atoms with E-state index in [1.807, 2.05) is 4.90 Å². The van der Waals surface area contributed by atoms with Gasteiger partial charge in [0.05, 0.1) is 12.0 Å². The van der Waals surface area contributed by atoms with Crippen LogP contribution in [0.25, 0.3) is 0 Å². The summed E-state index contributed by atoms with van der Waals surface area (Å²) in [7, 11) is 1.73. The minimum Gasteiger partial charge on any atom is -0.339 e. The lowest BCUT2D eigenvalue weighted by Crippen LogP contribution is -2.55. The van der Waals surface area contributed by atoms with E-state index in [2.05, 4.69) is 6.07 Å². The maximum atomic E-state index is 12.6. The molecular formula is C16H23N3O2. The highest BCUT2D eigenvalue weighted by Crippen LogP contribution is 2.38. The van der Waals surface area contributed by atoms with Crippen LogP contribution in [0.4, 0.5) is 0 Å². The summed E-state index contributed by atoms with van der Waals surface area (Å²) in [6.45, 7) is 0.550. The minimum absolute atomic E-state index is 0.0231. The summed E-state index contributed by atoms with van der Waals surface area (Å²) < 4.78 is 0. The summed E-state index contributed by atoms with van der Waals surface area (Å²) in [5.74, 6) is -0.160. The average molecular weight is 289 g/mol. The quantitative estimate of drug-likeness (QED) is 0.794. The zero-order valence-corrected chi connectivity index (χ0v) is 12.7. The first-order valence-corrected chi connectivity index (χ1v) is 8.06. The van der Waals surface area contributed by atoms with E-state index < -0.39 is 5.54 Å². The fraction of sp³-hybridized carbons (Fsp3) is 0.812. The summed E-state index contributed by atoms with van der Waals surface area (Å²) in [5, 5.41) is 9.35. The summed E-state index contributed by atoms with van der Waals surface area (Å²) >= 11 is 0. The van der Waals surface area contributed by atoms with Crippen molar-refractivity contribution in [3.63, 3.8) is 0 Å². The van der Waals surface area contributed by atoms with Gasteiger partial charge >= 0.3 is 0 Å². The number of amides is 2. The van der Waals surface area contributed by atoms with Crippen molar-refractivity contribution in [2.75, 3.05) is 13.6 Å². The van der Waals surface area contributed by atoms with Gasteiger partial charge in [0.1, 0.15) is 5.54 Å². The Bertz CT molecular complexity index is 486. The minimum atomic E-state index is -0.610. The van der Waals surface area contributed by atoms with Gasteiger partial charge in [0, 0.05) is 26.1 Å². The van der Waals surface area contributed by atoms with Crippen molar-refractivity contribution in [3.8, 4) is 6.07 Å². The van der Waals surface area contributed by atoms with Crippen LogP contribution >= 0.6 is 0 Å². The molecule has 3 fully saturated rings. The fourth-order valence-corrected chi connectivity index (χ4v) is 3.98. The van der Waals surface area contributed by atoms with Crippen molar-refractivity contribution in [2.45, 2.75) is 62.9 Å². The van der Waals surface area contributed by atoms with Crippen LogP contribution < -0.4 is 0 Å². The first-order valence-electron chi connectivity index (χ1n) is 8.06. The number of carbonyl (C=O) groups is 2. The van der Waals surface area contributed by atoms with E-state index in [9.17, 15) is 14.9 Å². The number of rotatable bonds is 3. The molecule has 0 radical (unpaired) electrons. The normalized spacial score (nSPS) is 28.3. The molecular weight excluding hydrogens is 266 g/mol. The third-order valence-corrected chi connectivity index (χ3v) is 5.63. The Hall–Kier alpha value is -1.57. The van der Waals surface area contributed by atoms with Gasteiger partial charge in [-0.15, -0.1) is 0 Å². The molecule has 5 heteroatoms. The van der Waals surface area contributed by atoms with Crippen LogP contribution in [0, 0.1) is 17.2 Å². The Morgan fingerprint density at radius 2 is 2.00 bits per heavy atom. The molecule has 1 aliphatic heterocycles. The lowest BCUT2D eigenvalue weighted by Gasteiger charge is -2.43. The van der Waals surface area contributed by atoms with Gasteiger partial charge in [0.25, 0.3) is 0 Å². The number of likely N-dealkylation sites (tertiary alicyclic amines) is 1. The van der Waals surface area contributed by atoms with Crippen LogP contribution in [0.1, 0.15) is 51.4 Å². The van der Waals surface area contributed by atoms with Crippen molar-refractivity contribution in [3.05, 3.63) is 0 Å². The molecule has 21 heavy (non-hydrogen) atoms. The van der Waals surface area contributed by atoms with E-state index in [-0.39, 0.29) is 17.7 Å². The molecule has 0 aromatic rings. The maximum Gasteiger partial charge on any atom is 0.229 e. The predicted octanol–water partition coefficient (Wildman–Crippen LogP) is 1.68. The molecule has 1 saturated heterocycles. The number of hydrogen-bond donors (Lipinski definition) is 0. The Morgan fingerprint density at radius 3 is 2.52 bits per heavy atom. The van der Waals surface area contributed by atoms with Gasteiger partial charge in [-0.3, -0.25) is 9.59 Å². The van der Waals surface area contributed by atoms with Crippen LogP contribution in [0.3, 0.4) is 0 Å². The van der Waals surface area contributed by atoms with Crippen LogP contribution in [-0.4, -0.2) is 46.8 Å². The molecule has 1 atom stereocenters. The molecule has 5 nitrogen and oxygen atoms in total. The van der Waals surface area contributed by atoms with E-state index in [1.54, 1.807) is 11.9 Å². The topological polar surface area (TPSA) is 64.4 Å². The van der Waals surface area contributed by atoms with Gasteiger partial charge in [-0.05, 0) is 32.1 Å². The van der Waals surface area contributed by atoms with Gasteiger partial charge < -0.3 is 9.80 Å². The van der Waals surface area contributed by atoms with E-state index in [1.165, 1.54) is 12.8 Å². The molecule has 0 aromatic heterocycles. The number of nitrogens with zero attached hydrogens (tertiary/aromatic N) is 3. The molecule has 2 aliphatic carbocycles. The Kier molecular flexibility index (Phi) is 3.64. The van der Waals surface area contributed by atoms with Crippen molar-refractivity contribution >= 4 is 11.8 Å². The summed E-state index contributed by atoms with van der Waals surface area (Å²) in [6, 6.07) is 2.65. The van der Waals surface area contributed by atoms with Gasteiger partial charge in [0.2, 0.25) is 11.8 Å². The van der Waals surface area contributed by atoms with E-state index in [0.29, 0.717) is 19.0 Å². The first kappa shape index (κ1) is 14.4. The van der Waals surface area contributed by atoms with Crippen molar-refractivity contribution in [1.29, 1.82) is 5.26 Å². The van der Waals surface area contributed by atoms with Gasteiger partial charge in [0.15, 0.2) is 0 Å². The van der Waals surface area contributed by atoms with Crippen LogP contribution in [0.5, 0.6) is 0 Å². The fourth-order valence-electron chi connectivity index (χ4n) is 3.98. The molecule has 3 aliphatic rings. The smallest absolute Gasteiger partial charge is 0.229 e. The highest BCUT2D eigenvalue weighted by atomic mass is 16.2. The highest BCUT2D eigenvalue weighted by Gasteiger charge is 2.47. The molecule has 2 saturated carbocycles. The summed E-state index contributed by atoms with van der Waals surface area (Å²) in [5.41, 5.74) is -0.610. The average Bonchev–Trinajstić information content (AvgIpc) is 3.06. The summed E-state index contributed by atoms with van der Waals surface area (Å²) in [6.07, 6.45) is 7.37. The molecule has 1 unspecified atom stereocenters. The summed E-state index contributed by atoms with van der Waals surface area (Å²) in [4.78, 5) is 28.4. The second-order valence-corrected chi connectivity index (χ2v) is 6.78. The Morgan fingerprint density at radius 1 is 1.33 bits per heavy atom. The van der Waals surface area contributed by atoms with E-state index >= 15 is 0 Å². The molecule has 0 aromatic carbocycles. The van der Waals surface area contributed by atoms with Crippen LogP contribution in [0.2, 0.25) is 0 Å². The molecule has 2 amide bonds. The predicted molar refractivity (Wildman–Crippen MR) is 77.0 cm³/mol. The number of carbonyl (C=O) groups excluding carboxylic acids is 2. The van der Waals surface area contributed by atoms with Crippen molar-refractivity contribution < 1.29 is 9.59 Å². The molecule has 0 spiro atoms. The van der Waals surface area contributed by atoms with Crippen molar-refractivity contribution in [2.24, 2.45) is 5.92 Å².